The number of carbonyl (C=O) groups is 2. The number of hydrogen-bond acceptors (Lipinski definition) is 4. The van der Waals surface area contributed by atoms with E-state index in [-0.39, 0.29) is 37.1 Å². The number of carbonyl (C=O) groups excluding carboxylic acids is 2. The predicted octanol–water partition coefficient (Wildman–Crippen LogP) is 3.21. The van der Waals surface area contributed by atoms with Gasteiger partial charge < -0.3 is 20.1 Å². The molecule has 0 aliphatic heterocycles. The first-order chi connectivity index (χ1) is 13.5. The van der Waals surface area contributed by atoms with E-state index in [9.17, 15) is 9.59 Å². The van der Waals surface area contributed by atoms with Gasteiger partial charge in [-0.2, -0.15) is 0 Å². The zero-order valence-corrected chi connectivity index (χ0v) is 16.5. The second-order valence-corrected chi connectivity index (χ2v) is 7.36. The van der Waals surface area contributed by atoms with Crippen molar-refractivity contribution in [3.8, 4) is 11.5 Å². The molecule has 2 aromatic rings. The van der Waals surface area contributed by atoms with Crippen molar-refractivity contribution in [3.63, 3.8) is 0 Å². The van der Waals surface area contributed by atoms with Crippen LogP contribution in [0.25, 0.3) is 0 Å². The first-order valence-corrected chi connectivity index (χ1v) is 9.59. The van der Waals surface area contributed by atoms with Crippen LogP contribution in [0.4, 0.5) is 0 Å². The number of amides is 2. The lowest BCUT2D eigenvalue weighted by Gasteiger charge is -2.36. The molecule has 1 aliphatic rings. The fraction of sp³-hybridized carbons (Fsp3) is 0.300. The predicted molar refractivity (Wildman–Crippen MR) is 107 cm³/mol. The topological polar surface area (TPSA) is 76.7 Å². The van der Waals surface area contributed by atoms with E-state index in [1.54, 1.807) is 48.5 Å². The van der Waals surface area contributed by atoms with E-state index < -0.39 is 0 Å². The van der Waals surface area contributed by atoms with Crippen LogP contribution < -0.4 is 20.1 Å². The van der Waals surface area contributed by atoms with E-state index in [4.69, 9.17) is 32.7 Å². The van der Waals surface area contributed by atoms with Gasteiger partial charge in [-0.25, -0.2) is 0 Å². The lowest BCUT2D eigenvalue weighted by atomic mass is 9.86. The standard InChI is InChI=1S/C20H20Cl2N2O4/c21-13-1-5-17(6-2-13)27-11-19(25)23-15-9-16(10-15)24-20(26)12-28-18-7-3-14(22)4-8-18/h1-8,15-16H,9-12H2,(H,23,25)(H,24,26). The Labute approximate surface area is 173 Å². The van der Waals surface area contributed by atoms with E-state index in [1.165, 1.54) is 0 Å². The molecule has 0 unspecified atom stereocenters. The van der Waals surface area contributed by atoms with Crippen molar-refractivity contribution in [1.82, 2.24) is 10.6 Å². The summed E-state index contributed by atoms with van der Waals surface area (Å²) in [4.78, 5) is 23.8. The SMILES string of the molecule is O=C(COc1ccc(Cl)cc1)NC1CC(NC(=O)COc2ccc(Cl)cc2)C1. The highest BCUT2D eigenvalue weighted by Crippen LogP contribution is 2.20. The van der Waals surface area contributed by atoms with Gasteiger partial charge in [-0.3, -0.25) is 9.59 Å². The Kier molecular flexibility index (Phi) is 7.01. The Balaban J connectivity index is 1.28. The average Bonchev–Trinajstić information content (AvgIpc) is 2.65. The molecule has 0 radical (unpaired) electrons. The van der Waals surface area contributed by atoms with Crippen LogP contribution in [0.1, 0.15) is 12.8 Å². The number of benzene rings is 2. The fourth-order valence-electron chi connectivity index (χ4n) is 2.75. The fourth-order valence-corrected chi connectivity index (χ4v) is 3.00. The molecular formula is C20H20Cl2N2O4. The summed E-state index contributed by atoms with van der Waals surface area (Å²) >= 11 is 11.6. The van der Waals surface area contributed by atoms with Gasteiger partial charge in [0.25, 0.3) is 11.8 Å². The zero-order valence-electron chi connectivity index (χ0n) is 15.0. The van der Waals surface area contributed by atoms with Gasteiger partial charge in [0, 0.05) is 22.1 Å². The Morgan fingerprint density at radius 3 is 1.46 bits per heavy atom. The highest BCUT2D eigenvalue weighted by Gasteiger charge is 2.31. The lowest BCUT2D eigenvalue weighted by Crippen LogP contribution is -2.55. The molecule has 2 N–H and O–H groups in total. The Hall–Kier alpha value is -2.44. The van der Waals surface area contributed by atoms with Crippen molar-refractivity contribution in [2.75, 3.05) is 13.2 Å². The minimum Gasteiger partial charge on any atom is -0.484 e. The monoisotopic (exact) mass is 422 g/mol. The normalized spacial score (nSPS) is 17.9. The molecule has 1 aliphatic carbocycles. The molecule has 0 bridgehead atoms. The van der Waals surface area contributed by atoms with Crippen LogP contribution in [-0.4, -0.2) is 37.1 Å². The van der Waals surface area contributed by atoms with Crippen LogP contribution in [0, 0.1) is 0 Å². The third kappa shape index (κ3) is 6.32. The van der Waals surface area contributed by atoms with Crippen molar-refractivity contribution < 1.29 is 19.1 Å². The summed E-state index contributed by atoms with van der Waals surface area (Å²) in [7, 11) is 0. The van der Waals surface area contributed by atoms with Crippen LogP contribution in [-0.2, 0) is 9.59 Å². The Morgan fingerprint density at radius 2 is 1.11 bits per heavy atom. The maximum Gasteiger partial charge on any atom is 0.258 e. The molecule has 0 spiro atoms. The summed E-state index contributed by atoms with van der Waals surface area (Å²) < 4.78 is 10.8. The van der Waals surface area contributed by atoms with Crippen LogP contribution in [0.2, 0.25) is 10.0 Å². The maximum absolute atomic E-state index is 11.9. The highest BCUT2D eigenvalue weighted by atomic mass is 35.5. The van der Waals surface area contributed by atoms with E-state index in [2.05, 4.69) is 10.6 Å². The van der Waals surface area contributed by atoms with Crippen molar-refractivity contribution >= 4 is 35.0 Å². The summed E-state index contributed by atoms with van der Waals surface area (Å²) in [6.45, 7) is -0.131. The van der Waals surface area contributed by atoms with Crippen molar-refractivity contribution in [2.45, 2.75) is 24.9 Å². The molecule has 0 heterocycles. The molecule has 28 heavy (non-hydrogen) atoms. The molecule has 1 saturated carbocycles. The second-order valence-electron chi connectivity index (χ2n) is 6.49. The molecule has 0 aromatic heterocycles. The molecule has 0 atom stereocenters. The van der Waals surface area contributed by atoms with Gasteiger partial charge in [0.2, 0.25) is 0 Å². The first-order valence-electron chi connectivity index (χ1n) is 8.83. The number of nitrogens with one attached hydrogen (secondary N) is 2. The number of halogens is 2. The first kappa shape index (κ1) is 20.3. The molecule has 2 amide bonds. The lowest BCUT2D eigenvalue weighted by molar-refractivity contribution is -0.125. The summed E-state index contributed by atoms with van der Waals surface area (Å²) in [5.74, 6) is 0.768. The summed E-state index contributed by atoms with van der Waals surface area (Å²) in [6.07, 6.45) is 1.36. The van der Waals surface area contributed by atoms with Crippen molar-refractivity contribution in [2.24, 2.45) is 0 Å². The van der Waals surface area contributed by atoms with Crippen LogP contribution in [0.3, 0.4) is 0 Å². The van der Waals surface area contributed by atoms with Crippen LogP contribution in [0.5, 0.6) is 11.5 Å². The molecule has 0 saturated heterocycles. The van der Waals surface area contributed by atoms with Gasteiger partial charge in [-0.15, -0.1) is 0 Å². The van der Waals surface area contributed by atoms with E-state index >= 15 is 0 Å². The Morgan fingerprint density at radius 1 is 0.750 bits per heavy atom. The average molecular weight is 423 g/mol. The quantitative estimate of drug-likeness (QED) is 0.684. The van der Waals surface area contributed by atoms with Crippen LogP contribution in [0.15, 0.2) is 48.5 Å². The summed E-state index contributed by atoms with van der Waals surface area (Å²) in [5.41, 5.74) is 0. The highest BCUT2D eigenvalue weighted by molar-refractivity contribution is 6.30. The summed E-state index contributed by atoms with van der Waals surface area (Å²) in [6, 6.07) is 13.7. The zero-order chi connectivity index (χ0) is 19.9. The number of ether oxygens (including phenoxy) is 2. The molecule has 148 valence electrons. The second kappa shape index (κ2) is 9.66. The van der Waals surface area contributed by atoms with Gasteiger partial charge in [0.05, 0.1) is 0 Å². The van der Waals surface area contributed by atoms with Crippen molar-refractivity contribution in [3.05, 3.63) is 58.6 Å². The molecule has 6 nitrogen and oxygen atoms in total. The Bertz CT molecular complexity index is 738. The van der Waals surface area contributed by atoms with Gasteiger partial charge in [0.15, 0.2) is 13.2 Å². The largest absolute Gasteiger partial charge is 0.484 e. The third-order valence-electron chi connectivity index (χ3n) is 4.24. The van der Waals surface area contributed by atoms with Gasteiger partial charge in [0.1, 0.15) is 11.5 Å². The molecule has 8 heteroatoms. The third-order valence-corrected chi connectivity index (χ3v) is 4.74. The number of rotatable bonds is 8. The van der Waals surface area contributed by atoms with Crippen molar-refractivity contribution in [1.29, 1.82) is 0 Å². The molecule has 3 rings (SSSR count). The van der Waals surface area contributed by atoms with Gasteiger partial charge in [-0.1, -0.05) is 23.2 Å². The van der Waals surface area contributed by atoms with Gasteiger partial charge >= 0.3 is 0 Å². The molecule has 1 fully saturated rings. The van der Waals surface area contributed by atoms with Gasteiger partial charge in [-0.05, 0) is 61.4 Å². The van der Waals surface area contributed by atoms with Crippen LogP contribution >= 0.6 is 23.2 Å². The van der Waals surface area contributed by atoms with E-state index in [1.807, 2.05) is 0 Å². The van der Waals surface area contributed by atoms with E-state index in [0.717, 1.165) is 0 Å². The maximum atomic E-state index is 11.9. The number of hydrogen-bond donors (Lipinski definition) is 2. The smallest absolute Gasteiger partial charge is 0.258 e. The molecule has 2 aromatic carbocycles. The van der Waals surface area contributed by atoms with E-state index in [0.29, 0.717) is 34.4 Å². The minimum absolute atomic E-state index is 0.0313. The minimum atomic E-state index is -0.198. The molecular weight excluding hydrogens is 403 g/mol. The summed E-state index contributed by atoms with van der Waals surface area (Å²) in [5, 5.41) is 6.98.